The van der Waals surface area contributed by atoms with Gasteiger partial charge in [0.15, 0.2) is 0 Å². The van der Waals surface area contributed by atoms with Gasteiger partial charge in [0, 0.05) is 16.7 Å². The smallest absolute Gasteiger partial charge is 0.422 e. The zero-order valence-corrected chi connectivity index (χ0v) is 14.8. The molecule has 0 atom stereocenters. The maximum atomic E-state index is 13.9. The molecule has 0 saturated heterocycles. The van der Waals surface area contributed by atoms with Gasteiger partial charge in [0.1, 0.15) is 22.7 Å². The number of benzene rings is 2. The molecule has 0 bridgehead atoms. The first-order chi connectivity index (χ1) is 13.9. The summed E-state index contributed by atoms with van der Waals surface area (Å²) in [4.78, 5) is 0. The van der Waals surface area contributed by atoms with Gasteiger partial charge >= 0.3 is 6.18 Å². The lowest BCUT2D eigenvalue weighted by Gasteiger charge is -2.15. The van der Waals surface area contributed by atoms with Gasteiger partial charge in [-0.1, -0.05) is 40.6 Å². The van der Waals surface area contributed by atoms with Crippen molar-refractivity contribution in [2.75, 3.05) is 0 Å². The van der Waals surface area contributed by atoms with Crippen LogP contribution < -0.4 is 0 Å². The Morgan fingerprint density at radius 2 is 1.59 bits per heavy atom. The van der Waals surface area contributed by atoms with Crippen LogP contribution in [0.4, 0.5) is 13.2 Å². The van der Waals surface area contributed by atoms with E-state index in [1.54, 1.807) is 30.3 Å². The van der Waals surface area contributed by atoms with Crippen molar-refractivity contribution in [2.24, 2.45) is 0 Å². The van der Waals surface area contributed by atoms with E-state index in [2.05, 4.69) is 10.3 Å². The number of phenols is 1. The van der Waals surface area contributed by atoms with Crippen LogP contribution in [0.3, 0.4) is 0 Å². The molecule has 2 aromatic carbocycles. The average Bonchev–Trinajstić information content (AvgIpc) is 3.32. The number of nitrogens with zero attached hydrogens (tertiary/aromatic N) is 2. The summed E-state index contributed by atoms with van der Waals surface area (Å²) < 4.78 is 52.3. The van der Waals surface area contributed by atoms with Crippen molar-refractivity contribution in [3.8, 4) is 39.8 Å². The van der Waals surface area contributed by atoms with Crippen LogP contribution in [0.25, 0.3) is 34.0 Å². The van der Waals surface area contributed by atoms with Crippen molar-refractivity contribution in [1.29, 1.82) is 0 Å². The number of hydrogen-bond donors (Lipinski definition) is 1. The average molecular weight is 398 g/mol. The number of phenolic OH excluding ortho intramolecular Hbond substituents is 1. The Morgan fingerprint density at radius 1 is 0.862 bits per heavy atom. The lowest BCUT2D eigenvalue weighted by Crippen LogP contribution is -2.08. The Bertz CT molecular complexity index is 1210. The molecule has 0 amide bonds. The van der Waals surface area contributed by atoms with E-state index in [9.17, 15) is 18.3 Å². The van der Waals surface area contributed by atoms with Gasteiger partial charge in [0.25, 0.3) is 0 Å². The summed E-state index contributed by atoms with van der Waals surface area (Å²) >= 11 is 0. The van der Waals surface area contributed by atoms with Crippen LogP contribution in [0.15, 0.2) is 57.6 Å². The summed E-state index contributed by atoms with van der Waals surface area (Å²) in [5, 5.41) is 17.4. The zero-order chi connectivity index (χ0) is 20.2. The van der Waals surface area contributed by atoms with Crippen LogP contribution >= 0.6 is 0 Å². The molecule has 0 fully saturated rings. The number of aryl methyl sites for hydroxylation is 1. The fourth-order valence-electron chi connectivity index (χ4n) is 3.71. The third-order valence-electron chi connectivity index (χ3n) is 5.01. The van der Waals surface area contributed by atoms with Gasteiger partial charge < -0.3 is 14.2 Å². The highest BCUT2D eigenvalue weighted by Crippen LogP contribution is 2.46. The first-order valence-electron chi connectivity index (χ1n) is 8.87. The van der Waals surface area contributed by atoms with Crippen molar-refractivity contribution in [3.05, 3.63) is 65.2 Å². The van der Waals surface area contributed by atoms with Gasteiger partial charge in [-0.15, -0.1) is 0 Å². The summed E-state index contributed by atoms with van der Waals surface area (Å²) in [6.45, 7) is 0. The van der Waals surface area contributed by atoms with E-state index in [1.807, 2.05) is 0 Å². The number of aromatic nitrogens is 2. The monoisotopic (exact) mass is 398 g/mol. The standard InChI is InChI=1S/C21H13F3N2O3/c22-21(23,24)16-17(11-4-2-1-3-5-11)25-29-20(16)19-15-8-6-12-10-13(27)7-9-14(12)18(15)26-28-19/h1-5,7,9-10,27H,6,8H2. The van der Waals surface area contributed by atoms with E-state index in [1.165, 1.54) is 18.2 Å². The van der Waals surface area contributed by atoms with Crippen LogP contribution in [0, 0.1) is 0 Å². The Labute approximate surface area is 162 Å². The van der Waals surface area contributed by atoms with Crippen LogP contribution in [-0.4, -0.2) is 15.4 Å². The number of hydrogen-bond acceptors (Lipinski definition) is 5. The van der Waals surface area contributed by atoms with Crippen LogP contribution in [-0.2, 0) is 19.0 Å². The largest absolute Gasteiger partial charge is 0.508 e. The summed E-state index contributed by atoms with van der Waals surface area (Å²) in [7, 11) is 0. The number of alkyl halides is 3. The van der Waals surface area contributed by atoms with Crippen LogP contribution in [0.1, 0.15) is 16.7 Å². The fraction of sp³-hybridized carbons (Fsp3) is 0.143. The highest BCUT2D eigenvalue weighted by molar-refractivity contribution is 5.79. The quantitative estimate of drug-likeness (QED) is 0.484. The molecule has 0 unspecified atom stereocenters. The van der Waals surface area contributed by atoms with Crippen molar-refractivity contribution >= 4 is 0 Å². The number of rotatable bonds is 2. The van der Waals surface area contributed by atoms with E-state index >= 15 is 0 Å². The summed E-state index contributed by atoms with van der Waals surface area (Å²) in [5.41, 5.74) is 1.57. The molecule has 2 heterocycles. The molecule has 5 rings (SSSR count). The molecule has 1 aliphatic rings. The molecule has 4 aromatic rings. The van der Waals surface area contributed by atoms with Crippen LogP contribution in [0.2, 0.25) is 0 Å². The van der Waals surface area contributed by atoms with E-state index < -0.39 is 17.5 Å². The van der Waals surface area contributed by atoms with Gasteiger partial charge in [-0.2, -0.15) is 13.2 Å². The molecule has 0 radical (unpaired) electrons. The fourth-order valence-corrected chi connectivity index (χ4v) is 3.71. The molecule has 146 valence electrons. The first-order valence-corrected chi connectivity index (χ1v) is 8.87. The third kappa shape index (κ3) is 2.79. The molecule has 1 aliphatic carbocycles. The highest BCUT2D eigenvalue weighted by Gasteiger charge is 2.43. The number of halogens is 3. The Morgan fingerprint density at radius 3 is 2.34 bits per heavy atom. The zero-order valence-electron chi connectivity index (χ0n) is 14.8. The molecule has 1 N–H and O–H groups in total. The summed E-state index contributed by atoms with van der Waals surface area (Å²) in [6.07, 6.45) is -3.76. The van der Waals surface area contributed by atoms with Crippen molar-refractivity contribution in [2.45, 2.75) is 19.0 Å². The molecule has 0 aliphatic heterocycles. The van der Waals surface area contributed by atoms with Gasteiger partial charge in [-0.05, 0) is 36.6 Å². The van der Waals surface area contributed by atoms with Gasteiger partial charge in [-0.3, -0.25) is 0 Å². The molecular formula is C21H13F3N2O3. The molecule has 29 heavy (non-hydrogen) atoms. The molecule has 2 aromatic heterocycles. The Kier molecular flexibility index (Phi) is 3.77. The number of aromatic hydroxyl groups is 1. The molecule has 0 spiro atoms. The van der Waals surface area contributed by atoms with Crippen molar-refractivity contribution < 1.29 is 27.3 Å². The first kappa shape index (κ1) is 17.5. The Balaban J connectivity index is 1.69. The highest BCUT2D eigenvalue weighted by atomic mass is 19.4. The predicted molar refractivity (Wildman–Crippen MR) is 96.9 cm³/mol. The maximum Gasteiger partial charge on any atom is 0.422 e. The second kappa shape index (κ2) is 6.23. The lowest BCUT2D eigenvalue weighted by atomic mass is 9.88. The van der Waals surface area contributed by atoms with Gasteiger partial charge in [0.2, 0.25) is 11.5 Å². The van der Waals surface area contributed by atoms with E-state index in [0.717, 1.165) is 11.1 Å². The molecule has 8 heteroatoms. The van der Waals surface area contributed by atoms with E-state index in [0.29, 0.717) is 29.7 Å². The second-order valence-electron chi connectivity index (χ2n) is 6.78. The summed E-state index contributed by atoms with van der Waals surface area (Å²) in [6, 6.07) is 12.8. The molecule has 5 nitrogen and oxygen atoms in total. The molecular weight excluding hydrogens is 385 g/mol. The third-order valence-corrected chi connectivity index (χ3v) is 5.01. The minimum atomic E-state index is -4.70. The SMILES string of the molecule is Oc1ccc2c(c1)CCc1c-2noc1-c1onc(-c2ccccc2)c1C(F)(F)F. The van der Waals surface area contributed by atoms with E-state index in [4.69, 9.17) is 9.05 Å². The number of fused-ring (bicyclic) bond motifs is 3. The Hall–Kier alpha value is -3.55. The topological polar surface area (TPSA) is 72.3 Å². The van der Waals surface area contributed by atoms with Gasteiger partial charge in [0.05, 0.1) is 0 Å². The molecule has 0 saturated carbocycles. The minimum absolute atomic E-state index is 0.0688. The predicted octanol–water partition coefficient (Wildman–Crippen LogP) is 5.49. The maximum absolute atomic E-state index is 13.9. The normalized spacial score (nSPS) is 13.2. The van der Waals surface area contributed by atoms with Crippen molar-refractivity contribution in [1.82, 2.24) is 10.3 Å². The van der Waals surface area contributed by atoms with Crippen LogP contribution in [0.5, 0.6) is 5.75 Å². The van der Waals surface area contributed by atoms with Crippen molar-refractivity contribution in [3.63, 3.8) is 0 Å². The van der Waals surface area contributed by atoms with E-state index in [-0.39, 0.29) is 17.2 Å². The second-order valence-corrected chi connectivity index (χ2v) is 6.78. The summed E-state index contributed by atoms with van der Waals surface area (Å²) in [5.74, 6) is -0.425. The lowest BCUT2D eigenvalue weighted by molar-refractivity contribution is -0.136. The van der Waals surface area contributed by atoms with Gasteiger partial charge in [-0.25, -0.2) is 0 Å². The minimum Gasteiger partial charge on any atom is -0.508 e.